The first-order valence-corrected chi connectivity index (χ1v) is 5.99. The molecule has 0 spiro atoms. The lowest BCUT2D eigenvalue weighted by Gasteiger charge is -2.53. The molecule has 13 heavy (non-hydrogen) atoms. The molecule has 2 unspecified atom stereocenters. The number of piperidine rings is 1. The maximum absolute atomic E-state index is 2.54. The van der Waals surface area contributed by atoms with E-state index in [-0.39, 0.29) is 0 Å². The third-order valence-electron chi connectivity index (χ3n) is 3.04. The van der Waals surface area contributed by atoms with Gasteiger partial charge in [0.15, 0.2) is 0 Å². The van der Waals surface area contributed by atoms with E-state index in [1.54, 1.807) is 0 Å². The quantitative estimate of drug-likeness (QED) is 0.558. The molecule has 1 saturated carbocycles. The number of hydrogen-bond donors (Lipinski definition) is 0. The summed E-state index contributed by atoms with van der Waals surface area (Å²) in [6.07, 6.45) is 4.39. The molecule has 0 aromatic rings. The Morgan fingerprint density at radius 3 is 1.46 bits per heavy atom. The normalized spacial score (nSPS) is 36.0. The number of fused-ring (bicyclic) bond motifs is 2. The van der Waals surface area contributed by atoms with Crippen molar-refractivity contribution in [2.24, 2.45) is 5.92 Å². The van der Waals surface area contributed by atoms with E-state index >= 15 is 0 Å². The zero-order valence-corrected chi connectivity index (χ0v) is 10.3. The average molecular weight is 185 g/mol. The summed E-state index contributed by atoms with van der Waals surface area (Å²) >= 11 is 0. The monoisotopic (exact) mass is 185 g/mol. The third-order valence-corrected chi connectivity index (χ3v) is 3.04. The SMILES string of the molecule is CC.CC.CC1CC2CC(C1)N2C. The summed E-state index contributed by atoms with van der Waals surface area (Å²) in [5, 5.41) is 0. The molecule has 1 heteroatoms. The summed E-state index contributed by atoms with van der Waals surface area (Å²) in [6.45, 7) is 10.4. The number of nitrogens with zero attached hydrogens (tertiary/aromatic N) is 1. The van der Waals surface area contributed by atoms with Crippen LogP contribution in [0.3, 0.4) is 0 Å². The van der Waals surface area contributed by atoms with Crippen molar-refractivity contribution in [2.45, 2.75) is 66.0 Å². The van der Waals surface area contributed by atoms with Gasteiger partial charge in [0.05, 0.1) is 0 Å². The van der Waals surface area contributed by atoms with Gasteiger partial charge in [-0.2, -0.15) is 0 Å². The molecule has 2 heterocycles. The van der Waals surface area contributed by atoms with Crippen molar-refractivity contribution in [3.63, 3.8) is 0 Å². The van der Waals surface area contributed by atoms with Gasteiger partial charge in [-0.25, -0.2) is 0 Å². The van der Waals surface area contributed by atoms with E-state index in [9.17, 15) is 0 Å². The molecule has 2 atom stereocenters. The fourth-order valence-electron chi connectivity index (χ4n) is 2.36. The Morgan fingerprint density at radius 2 is 1.23 bits per heavy atom. The fraction of sp³-hybridized carbons (Fsp3) is 1.00. The molecule has 2 saturated heterocycles. The summed E-state index contributed by atoms with van der Waals surface area (Å²) < 4.78 is 0. The predicted octanol–water partition coefficient (Wildman–Crippen LogP) is 3.54. The van der Waals surface area contributed by atoms with Crippen LogP contribution in [0.4, 0.5) is 0 Å². The minimum absolute atomic E-state index is 0.957. The van der Waals surface area contributed by atoms with Crippen LogP contribution < -0.4 is 0 Å². The lowest BCUT2D eigenvalue weighted by Crippen LogP contribution is -2.58. The Balaban J connectivity index is 0.000000322. The molecule has 3 aliphatic rings. The summed E-state index contributed by atoms with van der Waals surface area (Å²) in [5.74, 6) is 1.00. The molecule has 2 bridgehead atoms. The van der Waals surface area contributed by atoms with Crippen molar-refractivity contribution in [1.82, 2.24) is 4.90 Å². The molecule has 2 aliphatic heterocycles. The van der Waals surface area contributed by atoms with Gasteiger partial charge in [-0.1, -0.05) is 34.6 Å². The average Bonchev–Trinajstić information content (AvgIpc) is 2.23. The minimum atomic E-state index is 0.957. The smallest absolute Gasteiger partial charge is 0.0113 e. The minimum Gasteiger partial charge on any atom is -0.300 e. The predicted molar refractivity (Wildman–Crippen MR) is 61.1 cm³/mol. The van der Waals surface area contributed by atoms with Crippen molar-refractivity contribution in [1.29, 1.82) is 0 Å². The Hall–Kier alpha value is -0.0400. The van der Waals surface area contributed by atoms with Gasteiger partial charge in [-0.15, -0.1) is 0 Å². The first-order valence-electron chi connectivity index (χ1n) is 5.99. The van der Waals surface area contributed by atoms with Crippen LogP contribution in [-0.2, 0) is 0 Å². The highest BCUT2D eigenvalue weighted by Gasteiger charge is 2.40. The summed E-state index contributed by atoms with van der Waals surface area (Å²) in [5.41, 5.74) is 0. The van der Waals surface area contributed by atoms with Gasteiger partial charge in [-0.05, 0) is 32.2 Å². The molecule has 1 nitrogen and oxygen atoms in total. The second-order valence-corrected chi connectivity index (χ2v) is 3.79. The van der Waals surface area contributed by atoms with E-state index in [0.717, 1.165) is 18.0 Å². The molecule has 1 aliphatic carbocycles. The lowest BCUT2D eigenvalue weighted by atomic mass is 9.75. The van der Waals surface area contributed by atoms with Crippen LogP contribution in [0.2, 0.25) is 0 Å². The summed E-state index contributed by atoms with van der Waals surface area (Å²) in [4.78, 5) is 2.54. The standard InChI is InChI=1S/C8H15N.2C2H6/c1-6-3-7-5-8(4-6)9(7)2;2*1-2/h6-8H,3-5H2,1-2H3;2*1-2H3. The molecule has 0 radical (unpaired) electrons. The zero-order chi connectivity index (χ0) is 10.4. The molecular formula is C12H27N. The molecular weight excluding hydrogens is 158 g/mol. The van der Waals surface area contributed by atoms with Crippen molar-refractivity contribution in [2.75, 3.05) is 7.05 Å². The van der Waals surface area contributed by atoms with Crippen LogP contribution in [0.15, 0.2) is 0 Å². The van der Waals surface area contributed by atoms with Crippen LogP contribution >= 0.6 is 0 Å². The number of hydrogen-bond acceptors (Lipinski definition) is 1. The van der Waals surface area contributed by atoms with Crippen molar-refractivity contribution in [3.8, 4) is 0 Å². The third kappa shape index (κ3) is 2.98. The molecule has 80 valence electrons. The molecule has 0 amide bonds. The van der Waals surface area contributed by atoms with Gasteiger partial charge >= 0.3 is 0 Å². The van der Waals surface area contributed by atoms with Gasteiger partial charge in [0.25, 0.3) is 0 Å². The van der Waals surface area contributed by atoms with Crippen LogP contribution in [0.25, 0.3) is 0 Å². The van der Waals surface area contributed by atoms with Crippen molar-refractivity contribution >= 4 is 0 Å². The van der Waals surface area contributed by atoms with E-state index in [4.69, 9.17) is 0 Å². The zero-order valence-electron chi connectivity index (χ0n) is 10.3. The summed E-state index contributed by atoms with van der Waals surface area (Å²) in [7, 11) is 2.27. The molecule has 0 aromatic heterocycles. The summed E-state index contributed by atoms with van der Waals surface area (Å²) in [6, 6.07) is 1.91. The van der Waals surface area contributed by atoms with Crippen molar-refractivity contribution < 1.29 is 0 Å². The Kier molecular flexibility index (Phi) is 6.40. The molecule has 0 N–H and O–H groups in total. The van der Waals surface area contributed by atoms with Crippen LogP contribution in [-0.4, -0.2) is 24.0 Å². The Morgan fingerprint density at radius 1 is 0.846 bits per heavy atom. The second-order valence-electron chi connectivity index (χ2n) is 3.79. The maximum atomic E-state index is 2.54. The second kappa shape index (κ2) is 6.42. The maximum Gasteiger partial charge on any atom is 0.0113 e. The highest BCUT2D eigenvalue weighted by atomic mass is 15.2. The lowest BCUT2D eigenvalue weighted by molar-refractivity contribution is -0.0258. The van der Waals surface area contributed by atoms with E-state index in [1.807, 2.05) is 27.7 Å². The van der Waals surface area contributed by atoms with Gasteiger partial charge < -0.3 is 4.90 Å². The van der Waals surface area contributed by atoms with E-state index in [1.165, 1.54) is 19.3 Å². The van der Waals surface area contributed by atoms with Crippen LogP contribution in [0.1, 0.15) is 53.9 Å². The molecule has 0 aromatic carbocycles. The van der Waals surface area contributed by atoms with Crippen LogP contribution in [0.5, 0.6) is 0 Å². The largest absolute Gasteiger partial charge is 0.300 e. The molecule has 3 rings (SSSR count). The van der Waals surface area contributed by atoms with Crippen molar-refractivity contribution in [3.05, 3.63) is 0 Å². The highest BCUT2D eigenvalue weighted by Crippen LogP contribution is 2.39. The van der Waals surface area contributed by atoms with E-state index < -0.39 is 0 Å². The number of rotatable bonds is 0. The first kappa shape index (κ1) is 13.0. The van der Waals surface area contributed by atoms with Crippen LogP contribution in [0, 0.1) is 5.92 Å². The van der Waals surface area contributed by atoms with E-state index in [0.29, 0.717) is 0 Å². The topological polar surface area (TPSA) is 3.24 Å². The Labute approximate surface area is 84.5 Å². The van der Waals surface area contributed by atoms with Gasteiger partial charge in [-0.3, -0.25) is 0 Å². The molecule has 3 fully saturated rings. The van der Waals surface area contributed by atoms with Gasteiger partial charge in [0.2, 0.25) is 0 Å². The first-order chi connectivity index (χ1) is 6.27. The van der Waals surface area contributed by atoms with Gasteiger partial charge in [0.1, 0.15) is 0 Å². The fourth-order valence-corrected chi connectivity index (χ4v) is 2.36. The van der Waals surface area contributed by atoms with Gasteiger partial charge in [0, 0.05) is 12.1 Å². The Bertz CT molecular complexity index is 110. The highest BCUT2D eigenvalue weighted by molar-refractivity contribution is 4.96. The van der Waals surface area contributed by atoms with E-state index in [2.05, 4.69) is 18.9 Å².